The molecule has 0 saturated carbocycles. The number of benzene rings is 1. The van der Waals surface area contributed by atoms with Crippen molar-refractivity contribution < 1.29 is 32.1 Å². The van der Waals surface area contributed by atoms with Crippen molar-refractivity contribution >= 4 is 0 Å². The molecule has 1 unspecified atom stereocenters. The lowest BCUT2D eigenvalue weighted by atomic mass is 10.0. The van der Waals surface area contributed by atoms with Crippen LogP contribution in [0.15, 0.2) is 24.3 Å². The second-order valence-corrected chi connectivity index (χ2v) is 6.91. The first kappa shape index (κ1) is 18.6. The van der Waals surface area contributed by atoms with Crippen LogP contribution >= 0.6 is 0 Å². The standard InChI is InChI=1S/C18H23F3O4/c1-10(2)8-14-15(16-17(25-14)24-11(3)23-16)22-9-12-6-4-5-7-13(12)18(19,20)21/h4-7,10-11,14-17H,8-9H2,1-3H3/t11?,14-,15+,16-,17+/m1/s1. The third kappa shape index (κ3) is 4.16. The number of hydrogen-bond acceptors (Lipinski definition) is 4. The molecule has 140 valence electrons. The first-order valence-corrected chi connectivity index (χ1v) is 8.48. The summed E-state index contributed by atoms with van der Waals surface area (Å²) in [5.41, 5.74) is -0.573. The summed E-state index contributed by atoms with van der Waals surface area (Å²) >= 11 is 0. The van der Waals surface area contributed by atoms with Crippen molar-refractivity contribution in [2.45, 2.75) is 70.9 Å². The van der Waals surface area contributed by atoms with Crippen molar-refractivity contribution in [3.8, 4) is 0 Å². The Hall–Kier alpha value is -1.15. The molecule has 7 heteroatoms. The van der Waals surface area contributed by atoms with Gasteiger partial charge in [0, 0.05) is 0 Å². The fraction of sp³-hybridized carbons (Fsp3) is 0.667. The molecule has 1 aromatic carbocycles. The van der Waals surface area contributed by atoms with E-state index in [2.05, 4.69) is 13.8 Å². The molecule has 0 bridgehead atoms. The highest BCUT2D eigenvalue weighted by Gasteiger charge is 2.52. The van der Waals surface area contributed by atoms with Crippen molar-refractivity contribution in [1.29, 1.82) is 0 Å². The Morgan fingerprint density at radius 2 is 1.84 bits per heavy atom. The van der Waals surface area contributed by atoms with Crippen LogP contribution in [-0.4, -0.2) is 30.9 Å². The van der Waals surface area contributed by atoms with E-state index in [4.69, 9.17) is 18.9 Å². The van der Waals surface area contributed by atoms with Crippen molar-refractivity contribution in [2.24, 2.45) is 5.92 Å². The normalized spacial score (nSPS) is 32.4. The summed E-state index contributed by atoms with van der Waals surface area (Å²) in [4.78, 5) is 0. The van der Waals surface area contributed by atoms with Crippen molar-refractivity contribution in [3.63, 3.8) is 0 Å². The number of hydrogen-bond donors (Lipinski definition) is 0. The molecule has 2 aliphatic heterocycles. The fourth-order valence-corrected chi connectivity index (χ4v) is 3.35. The summed E-state index contributed by atoms with van der Waals surface area (Å²) in [6, 6.07) is 5.45. The largest absolute Gasteiger partial charge is 0.416 e. The summed E-state index contributed by atoms with van der Waals surface area (Å²) in [6.07, 6.45) is -5.77. The second kappa shape index (κ2) is 7.23. The number of rotatable bonds is 5. The van der Waals surface area contributed by atoms with Crippen LogP contribution < -0.4 is 0 Å². The lowest BCUT2D eigenvalue weighted by molar-refractivity contribution is -0.170. The smallest absolute Gasteiger partial charge is 0.368 e. The van der Waals surface area contributed by atoms with E-state index in [0.29, 0.717) is 5.92 Å². The molecule has 0 aromatic heterocycles. The Labute approximate surface area is 145 Å². The average molecular weight is 360 g/mol. The molecule has 2 aliphatic rings. The van der Waals surface area contributed by atoms with Gasteiger partial charge in [0.05, 0.1) is 18.3 Å². The Bertz CT molecular complexity index is 590. The molecule has 0 aliphatic carbocycles. The SMILES string of the molecule is CC(C)C[C@H]1O[C@@H]2OC(C)O[C@@H]2[C@H]1OCc1ccccc1C(F)(F)F. The van der Waals surface area contributed by atoms with Crippen molar-refractivity contribution in [3.05, 3.63) is 35.4 Å². The van der Waals surface area contributed by atoms with Crippen LogP contribution in [0.4, 0.5) is 13.2 Å². The van der Waals surface area contributed by atoms with E-state index < -0.39 is 36.5 Å². The van der Waals surface area contributed by atoms with Crippen LogP contribution in [0.2, 0.25) is 0 Å². The highest BCUT2D eigenvalue weighted by Crippen LogP contribution is 2.38. The first-order valence-electron chi connectivity index (χ1n) is 8.48. The van der Waals surface area contributed by atoms with Gasteiger partial charge in [-0.2, -0.15) is 13.2 Å². The van der Waals surface area contributed by atoms with Crippen molar-refractivity contribution in [1.82, 2.24) is 0 Å². The molecule has 1 aromatic rings. The van der Waals surface area contributed by atoms with Gasteiger partial charge >= 0.3 is 6.18 Å². The monoisotopic (exact) mass is 360 g/mol. The molecule has 0 spiro atoms. The number of halogens is 3. The van der Waals surface area contributed by atoms with E-state index in [1.165, 1.54) is 12.1 Å². The molecule has 2 heterocycles. The maximum Gasteiger partial charge on any atom is 0.416 e. The minimum Gasteiger partial charge on any atom is -0.368 e. The van der Waals surface area contributed by atoms with Crippen LogP contribution in [0.5, 0.6) is 0 Å². The highest BCUT2D eigenvalue weighted by atomic mass is 19.4. The minimum atomic E-state index is -4.41. The summed E-state index contributed by atoms with van der Waals surface area (Å²) in [6.45, 7) is 5.71. The Morgan fingerprint density at radius 3 is 2.52 bits per heavy atom. The van der Waals surface area contributed by atoms with Gasteiger partial charge in [0.2, 0.25) is 0 Å². The van der Waals surface area contributed by atoms with Crippen LogP contribution in [0.25, 0.3) is 0 Å². The molecule has 0 radical (unpaired) electrons. The third-order valence-electron chi connectivity index (χ3n) is 4.40. The van der Waals surface area contributed by atoms with Crippen LogP contribution in [0.1, 0.15) is 38.3 Å². The summed E-state index contributed by atoms with van der Waals surface area (Å²) in [5.74, 6) is 0.356. The molecule has 0 amide bonds. The Balaban J connectivity index is 1.74. The van der Waals surface area contributed by atoms with Crippen LogP contribution in [0.3, 0.4) is 0 Å². The van der Waals surface area contributed by atoms with Gasteiger partial charge in [0.1, 0.15) is 12.2 Å². The zero-order chi connectivity index (χ0) is 18.2. The average Bonchev–Trinajstić information content (AvgIpc) is 3.00. The summed E-state index contributed by atoms with van der Waals surface area (Å²) < 4.78 is 62.4. The predicted octanol–water partition coefficient (Wildman–Crippen LogP) is 4.12. The van der Waals surface area contributed by atoms with E-state index >= 15 is 0 Å². The molecule has 0 N–H and O–H groups in total. The fourth-order valence-electron chi connectivity index (χ4n) is 3.35. The van der Waals surface area contributed by atoms with Crippen molar-refractivity contribution in [2.75, 3.05) is 0 Å². The molecular weight excluding hydrogens is 337 g/mol. The number of fused-ring (bicyclic) bond motifs is 1. The molecule has 2 saturated heterocycles. The zero-order valence-corrected chi connectivity index (χ0v) is 14.5. The maximum absolute atomic E-state index is 13.1. The molecule has 3 rings (SSSR count). The van der Waals surface area contributed by atoms with Gasteiger partial charge in [-0.05, 0) is 30.9 Å². The van der Waals surface area contributed by atoms with E-state index in [1.807, 2.05) is 0 Å². The van der Waals surface area contributed by atoms with Gasteiger partial charge in [-0.1, -0.05) is 32.0 Å². The number of alkyl halides is 3. The van der Waals surface area contributed by atoms with E-state index in [9.17, 15) is 13.2 Å². The van der Waals surface area contributed by atoms with Crippen LogP contribution in [0, 0.1) is 5.92 Å². The predicted molar refractivity (Wildman–Crippen MR) is 83.6 cm³/mol. The van der Waals surface area contributed by atoms with E-state index in [1.54, 1.807) is 13.0 Å². The van der Waals surface area contributed by atoms with Gasteiger partial charge in [-0.3, -0.25) is 0 Å². The molecule has 2 fully saturated rings. The summed E-state index contributed by atoms with van der Waals surface area (Å²) in [7, 11) is 0. The quantitative estimate of drug-likeness (QED) is 0.791. The molecule has 4 nitrogen and oxygen atoms in total. The second-order valence-electron chi connectivity index (χ2n) is 6.91. The third-order valence-corrected chi connectivity index (χ3v) is 4.40. The Kier molecular flexibility index (Phi) is 5.39. The molecular formula is C18H23F3O4. The summed E-state index contributed by atoms with van der Waals surface area (Å²) in [5, 5.41) is 0. The Morgan fingerprint density at radius 1 is 1.12 bits per heavy atom. The zero-order valence-electron chi connectivity index (χ0n) is 14.5. The number of ether oxygens (including phenoxy) is 4. The maximum atomic E-state index is 13.1. The lowest BCUT2D eigenvalue weighted by Gasteiger charge is -2.24. The molecule has 5 atom stereocenters. The lowest BCUT2D eigenvalue weighted by Crippen LogP contribution is -2.36. The molecule has 25 heavy (non-hydrogen) atoms. The first-order chi connectivity index (χ1) is 11.8. The topological polar surface area (TPSA) is 36.9 Å². The van der Waals surface area contributed by atoms with Gasteiger partial charge in [-0.15, -0.1) is 0 Å². The highest BCUT2D eigenvalue weighted by molar-refractivity contribution is 5.29. The van der Waals surface area contributed by atoms with Gasteiger partial charge in [0.15, 0.2) is 12.6 Å². The van der Waals surface area contributed by atoms with E-state index in [-0.39, 0.29) is 18.3 Å². The van der Waals surface area contributed by atoms with E-state index in [0.717, 1.165) is 12.5 Å². The van der Waals surface area contributed by atoms with Gasteiger partial charge in [-0.25, -0.2) is 0 Å². The minimum absolute atomic E-state index is 0.105. The van der Waals surface area contributed by atoms with Crippen LogP contribution in [-0.2, 0) is 31.7 Å². The van der Waals surface area contributed by atoms with Gasteiger partial charge in [0.25, 0.3) is 0 Å². The van der Waals surface area contributed by atoms with Gasteiger partial charge < -0.3 is 18.9 Å².